The van der Waals surface area contributed by atoms with Crippen LogP contribution in [0, 0.1) is 10.1 Å². The van der Waals surface area contributed by atoms with Gasteiger partial charge in [0, 0.05) is 10.9 Å². The number of nitrogens with zero attached hydrogens (tertiary/aromatic N) is 2. The molecule has 0 bridgehead atoms. The Kier molecular flexibility index (Phi) is 7.53. The van der Waals surface area contributed by atoms with Gasteiger partial charge >= 0.3 is 11.9 Å². The number of amides is 1. The number of anilines is 1. The Balaban J connectivity index is 1.94. The van der Waals surface area contributed by atoms with E-state index in [1.165, 1.54) is 0 Å². The quantitative estimate of drug-likeness (QED) is 0.291. The highest BCUT2D eigenvalue weighted by atomic mass is 32.1. The minimum atomic E-state index is -1.07. The second-order valence-electron chi connectivity index (χ2n) is 6.78. The predicted octanol–water partition coefficient (Wildman–Crippen LogP) is 3.09. The molecule has 0 spiro atoms. The number of benzene rings is 1. The van der Waals surface area contributed by atoms with Crippen molar-refractivity contribution in [3.63, 3.8) is 0 Å². The third-order valence-corrected chi connectivity index (χ3v) is 5.69. The van der Waals surface area contributed by atoms with Crippen molar-refractivity contribution in [1.82, 2.24) is 4.57 Å². The molecule has 1 aromatic carbocycles. The molecule has 1 amide bonds. The molecular weight excluding hydrogens is 466 g/mol. The van der Waals surface area contributed by atoms with Crippen molar-refractivity contribution in [2.75, 3.05) is 19.0 Å². The normalized spacial score (nSPS) is 10.4. The maximum atomic E-state index is 12.7. The summed E-state index contributed by atoms with van der Waals surface area (Å²) in [7, 11) is 1.02. The van der Waals surface area contributed by atoms with Crippen molar-refractivity contribution in [3.05, 3.63) is 79.6 Å². The minimum absolute atomic E-state index is 0.129. The number of rotatable bonds is 8. The Morgan fingerprint density at radius 2 is 1.85 bits per heavy atom. The van der Waals surface area contributed by atoms with Gasteiger partial charge in [-0.15, -0.1) is 11.3 Å². The molecule has 11 nitrogen and oxygen atoms in total. The summed E-state index contributed by atoms with van der Waals surface area (Å²) in [6, 6.07) is 11.5. The van der Waals surface area contributed by atoms with E-state index in [1.54, 1.807) is 13.0 Å². The number of nitrogens with one attached hydrogen (secondary N) is 1. The maximum absolute atomic E-state index is 12.7. The van der Waals surface area contributed by atoms with Crippen molar-refractivity contribution in [2.45, 2.75) is 13.5 Å². The van der Waals surface area contributed by atoms with E-state index in [9.17, 15) is 29.3 Å². The van der Waals surface area contributed by atoms with Crippen LogP contribution in [0.25, 0.3) is 10.4 Å². The van der Waals surface area contributed by atoms with Gasteiger partial charge in [0.2, 0.25) is 5.91 Å². The van der Waals surface area contributed by atoms with Crippen molar-refractivity contribution in [3.8, 4) is 10.4 Å². The first kappa shape index (κ1) is 24.3. The zero-order chi connectivity index (χ0) is 24.8. The molecule has 1 N–H and O–H groups in total. The predicted molar refractivity (Wildman–Crippen MR) is 123 cm³/mol. The van der Waals surface area contributed by atoms with Gasteiger partial charge in [0.15, 0.2) is 0 Å². The smallest absolute Gasteiger partial charge is 0.350 e. The number of methoxy groups -OCH3 is 1. The summed E-state index contributed by atoms with van der Waals surface area (Å²) in [5, 5.41) is 13.8. The summed E-state index contributed by atoms with van der Waals surface area (Å²) in [6.07, 6.45) is 0.851. The van der Waals surface area contributed by atoms with E-state index >= 15 is 0 Å². The fourth-order valence-corrected chi connectivity index (χ4v) is 4.03. The maximum Gasteiger partial charge on any atom is 0.350 e. The average molecular weight is 485 g/mol. The molecule has 2 aromatic heterocycles. The molecule has 3 rings (SSSR count). The van der Waals surface area contributed by atoms with Gasteiger partial charge in [-0.25, -0.2) is 9.59 Å². The Labute approximate surface area is 196 Å². The van der Waals surface area contributed by atoms with Crippen LogP contribution in [0.5, 0.6) is 0 Å². The van der Waals surface area contributed by atoms with Crippen LogP contribution in [-0.4, -0.2) is 41.1 Å². The lowest BCUT2D eigenvalue weighted by atomic mass is 10.2. The third kappa shape index (κ3) is 5.35. The summed E-state index contributed by atoms with van der Waals surface area (Å²) in [5.41, 5.74) is -1.11. The number of carbonyl (C=O) groups is 3. The summed E-state index contributed by atoms with van der Waals surface area (Å²) >= 11 is 1.12. The van der Waals surface area contributed by atoms with Crippen LogP contribution in [0.1, 0.15) is 27.0 Å². The molecule has 0 saturated heterocycles. The van der Waals surface area contributed by atoms with Crippen LogP contribution >= 0.6 is 11.3 Å². The second-order valence-corrected chi connectivity index (χ2v) is 7.83. The average Bonchev–Trinajstić information content (AvgIpc) is 3.24. The number of esters is 2. The van der Waals surface area contributed by atoms with Crippen LogP contribution < -0.4 is 10.9 Å². The highest BCUT2D eigenvalue weighted by Crippen LogP contribution is 2.35. The molecule has 0 unspecified atom stereocenters. The monoisotopic (exact) mass is 485 g/mol. The first-order chi connectivity index (χ1) is 16.2. The van der Waals surface area contributed by atoms with E-state index in [2.05, 4.69) is 10.1 Å². The number of hydrogen-bond donors (Lipinski definition) is 1. The topological polar surface area (TPSA) is 147 Å². The van der Waals surface area contributed by atoms with E-state index in [0.29, 0.717) is 4.88 Å². The molecule has 0 fully saturated rings. The zero-order valence-corrected chi connectivity index (χ0v) is 18.9. The molecule has 34 heavy (non-hydrogen) atoms. The number of thiophene rings is 1. The SMILES string of the molecule is CCOC(=O)c1sc(-c2ccccc2)cc1NC(=O)Cn1cc([N+](=O)[O-])cc(C(=O)OC)c1=O. The number of hydrogen-bond acceptors (Lipinski definition) is 9. The van der Waals surface area contributed by atoms with E-state index in [0.717, 1.165) is 40.8 Å². The van der Waals surface area contributed by atoms with Gasteiger partial charge in [-0.2, -0.15) is 0 Å². The van der Waals surface area contributed by atoms with Gasteiger partial charge in [-0.1, -0.05) is 30.3 Å². The fourth-order valence-electron chi connectivity index (χ4n) is 3.01. The molecule has 0 saturated carbocycles. The van der Waals surface area contributed by atoms with Crippen LogP contribution in [0.3, 0.4) is 0 Å². The van der Waals surface area contributed by atoms with Crippen LogP contribution in [0.2, 0.25) is 0 Å². The van der Waals surface area contributed by atoms with E-state index in [-0.39, 0.29) is 17.2 Å². The van der Waals surface area contributed by atoms with Crippen molar-refractivity contribution in [1.29, 1.82) is 0 Å². The van der Waals surface area contributed by atoms with Gasteiger partial charge in [-0.05, 0) is 18.6 Å². The summed E-state index contributed by atoms with van der Waals surface area (Å²) < 4.78 is 10.3. The Hall–Kier alpha value is -4.32. The molecule has 3 aromatic rings. The van der Waals surface area contributed by atoms with Gasteiger partial charge in [0.1, 0.15) is 17.0 Å². The first-order valence-corrected chi connectivity index (χ1v) is 10.7. The largest absolute Gasteiger partial charge is 0.465 e. The number of carbonyl (C=O) groups excluding carboxylic acids is 3. The van der Waals surface area contributed by atoms with Crippen molar-refractivity contribution < 1.29 is 28.8 Å². The Morgan fingerprint density at radius 3 is 2.47 bits per heavy atom. The van der Waals surface area contributed by atoms with Crippen molar-refractivity contribution in [2.24, 2.45) is 0 Å². The molecule has 0 atom stereocenters. The lowest BCUT2D eigenvalue weighted by molar-refractivity contribution is -0.385. The van der Waals surface area contributed by atoms with Gasteiger partial charge < -0.3 is 14.8 Å². The molecule has 176 valence electrons. The minimum Gasteiger partial charge on any atom is -0.465 e. The molecule has 0 radical (unpaired) electrons. The van der Waals surface area contributed by atoms with Crippen molar-refractivity contribution >= 4 is 40.6 Å². The molecule has 12 heteroatoms. The number of pyridine rings is 1. The Bertz CT molecular complexity index is 1310. The number of aromatic nitrogens is 1. The lowest BCUT2D eigenvalue weighted by Gasteiger charge is -2.09. The van der Waals surface area contributed by atoms with Crippen LogP contribution in [0.15, 0.2) is 53.5 Å². The number of nitro groups is 1. The molecule has 2 heterocycles. The number of ether oxygens (including phenoxy) is 2. The van der Waals surface area contributed by atoms with E-state index < -0.39 is 46.1 Å². The fraction of sp³-hybridized carbons (Fsp3) is 0.182. The zero-order valence-electron chi connectivity index (χ0n) is 18.1. The van der Waals surface area contributed by atoms with E-state index in [4.69, 9.17) is 4.74 Å². The van der Waals surface area contributed by atoms with Gasteiger partial charge in [0.05, 0.1) is 30.5 Å². The molecule has 0 aliphatic carbocycles. The summed E-state index contributed by atoms with van der Waals surface area (Å²) in [4.78, 5) is 60.8. The summed E-state index contributed by atoms with van der Waals surface area (Å²) in [6.45, 7) is 1.13. The molecular formula is C22H19N3O8S. The lowest BCUT2D eigenvalue weighted by Crippen LogP contribution is -2.31. The van der Waals surface area contributed by atoms with Crippen LogP contribution in [0.4, 0.5) is 11.4 Å². The van der Waals surface area contributed by atoms with Gasteiger partial charge in [-0.3, -0.25) is 24.3 Å². The highest BCUT2D eigenvalue weighted by molar-refractivity contribution is 7.18. The summed E-state index contributed by atoms with van der Waals surface area (Å²) in [5.74, 6) is -2.45. The third-order valence-electron chi connectivity index (χ3n) is 4.53. The van der Waals surface area contributed by atoms with Crippen LogP contribution in [-0.2, 0) is 20.8 Å². The first-order valence-electron chi connectivity index (χ1n) is 9.88. The molecule has 0 aliphatic heterocycles. The van der Waals surface area contributed by atoms with E-state index in [1.807, 2.05) is 30.3 Å². The Morgan fingerprint density at radius 1 is 1.15 bits per heavy atom. The van der Waals surface area contributed by atoms with Gasteiger partial charge in [0.25, 0.3) is 11.2 Å². The second kappa shape index (κ2) is 10.5. The molecule has 0 aliphatic rings. The standard InChI is InChI=1S/C22H19N3O8S/c1-3-33-22(29)19-16(10-17(34-19)13-7-5-4-6-8-13)23-18(26)12-24-11-14(25(30)31)9-15(20(24)27)21(28)32-2/h4-11H,3,12H2,1-2H3,(H,23,26). The highest BCUT2D eigenvalue weighted by Gasteiger charge is 2.23.